The molecule has 128 valence electrons. The van der Waals surface area contributed by atoms with Crippen LogP contribution >= 0.6 is 0 Å². The zero-order valence-electron chi connectivity index (χ0n) is 12.5. The molecule has 1 aromatic heterocycles. The Labute approximate surface area is 135 Å². The second kappa shape index (κ2) is 7.62. The van der Waals surface area contributed by atoms with Gasteiger partial charge in [-0.3, -0.25) is 0 Å². The summed E-state index contributed by atoms with van der Waals surface area (Å²) in [5.41, 5.74) is 4.82. The quantitative estimate of drug-likeness (QED) is 0.844. The summed E-state index contributed by atoms with van der Waals surface area (Å²) in [4.78, 5) is 10.8. The van der Waals surface area contributed by atoms with E-state index < -0.39 is 24.0 Å². The molecule has 0 bridgehead atoms. The summed E-state index contributed by atoms with van der Waals surface area (Å²) in [6.07, 6.45) is -5.03. The molecule has 9 heteroatoms. The van der Waals surface area contributed by atoms with Gasteiger partial charge in [-0.25, -0.2) is 4.79 Å². The highest BCUT2D eigenvalue weighted by Gasteiger charge is 2.32. The molecule has 1 amide bonds. The first-order valence-electron chi connectivity index (χ1n) is 6.98. The number of ether oxygens (including phenoxy) is 1. The number of carbonyl (C=O) groups is 1. The number of nitrogens with zero attached hydrogens (tertiary/aromatic N) is 2. The predicted octanol–water partition coefficient (Wildman–Crippen LogP) is 2.61. The highest BCUT2D eigenvalue weighted by Crippen LogP contribution is 2.27. The molecule has 0 spiro atoms. The lowest BCUT2D eigenvalue weighted by molar-refractivity contribution is -0.141. The molecule has 0 saturated carbocycles. The average molecular weight is 340 g/mol. The lowest BCUT2D eigenvalue weighted by Gasteiger charge is -2.19. The molecule has 0 unspecified atom stereocenters. The van der Waals surface area contributed by atoms with Crippen LogP contribution in [0.1, 0.15) is 11.3 Å². The van der Waals surface area contributed by atoms with E-state index in [1.807, 2.05) is 30.3 Å². The highest BCUT2D eigenvalue weighted by atomic mass is 19.4. The van der Waals surface area contributed by atoms with E-state index in [0.29, 0.717) is 6.42 Å². The van der Waals surface area contributed by atoms with Crippen molar-refractivity contribution in [2.75, 3.05) is 11.9 Å². The van der Waals surface area contributed by atoms with E-state index in [4.69, 9.17) is 10.5 Å². The molecule has 0 aliphatic rings. The third-order valence-corrected chi connectivity index (χ3v) is 3.06. The molecule has 2 aromatic rings. The van der Waals surface area contributed by atoms with Crippen molar-refractivity contribution in [3.63, 3.8) is 0 Å². The Bertz CT molecular complexity index is 663. The van der Waals surface area contributed by atoms with Gasteiger partial charge in [-0.05, 0) is 24.1 Å². The lowest BCUT2D eigenvalue weighted by Crippen LogP contribution is -2.31. The molecule has 0 radical (unpaired) electrons. The van der Waals surface area contributed by atoms with Crippen molar-refractivity contribution >= 4 is 11.9 Å². The highest BCUT2D eigenvalue weighted by molar-refractivity contribution is 5.64. The van der Waals surface area contributed by atoms with Crippen molar-refractivity contribution in [3.8, 4) is 0 Å². The summed E-state index contributed by atoms with van der Waals surface area (Å²) in [5.74, 6) is 0.136. The number of amides is 1. The number of nitrogens with two attached hydrogens (primary N) is 1. The first kappa shape index (κ1) is 17.5. The minimum Gasteiger partial charge on any atom is -0.448 e. The van der Waals surface area contributed by atoms with Gasteiger partial charge in [0, 0.05) is 0 Å². The van der Waals surface area contributed by atoms with Gasteiger partial charge >= 0.3 is 12.3 Å². The molecule has 1 atom stereocenters. The molecule has 1 aromatic carbocycles. The van der Waals surface area contributed by atoms with Crippen molar-refractivity contribution in [1.82, 2.24) is 10.2 Å². The zero-order valence-corrected chi connectivity index (χ0v) is 12.5. The Balaban J connectivity index is 2.07. The van der Waals surface area contributed by atoms with Crippen LogP contribution in [0.3, 0.4) is 0 Å². The second-order valence-corrected chi connectivity index (χ2v) is 4.96. The monoisotopic (exact) mass is 340 g/mol. The smallest absolute Gasteiger partial charge is 0.435 e. The summed E-state index contributed by atoms with van der Waals surface area (Å²) in [5, 5.41) is 9.52. The maximum atomic E-state index is 12.5. The fourth-order valence-electron chi connectivity index (χ4n) is 2.00. The number of nitrogens with one attached hydrogen (secondary N) is 1. The molecular weight excluding hydrogens is 325 g/mol. The molecule has 0 saturated heterocycles. The number of carbonyl (C=O) groups excluding carboxylic acids is 1. The number of benzene rings is 1. The van der Waals surface area contributed by atoms with Crippen LogP contribution in [0.2, 0.25) is 0 Å². The number of aromatic nitrogens is 2. The summed E-state index contributed by atoms with van der Waals surface area (Å²) in [6, 6.07) is 10.9. The average Bonchev–Trinajstić information content (AvgIpc) is 2.53. The summed E-state index contributed by atoms with van der Waals surface area (Å²) in [7, 11) is 0. The molecule has 6 nitrogen and oxygen atoms in total. The molecule has 3 N–H and O–H groups in total. The van der Waals surface area contributed by atoms with Gasteiger partial charge in [0.2, 0.25) is 0 Å². The SMILES string of the molecule is NC(=O)OC[C@@H](Cc1ccccc1)Nc1ccc(C(F)(F)F)nn1. The van der Waals surface area contributed by atoms with E-state index in [2.05, 4.69) is 15.5 Å². The molecule has 0 fully saturated rings. The minimum atomic E-state index is -4.55. The largest absolute Gasteiger partial charge is 0.448 e. The maximum absolute atomic E-state index is 12.5. The van der Waals surface area contributed by atoms with E-state index in [9.17, 15) is 18.0 Å². The normalized spacial score (nSPS) is 12.5. The van der Waals surface area contributed by atoms with E-state index in [1.165, 1.54) is 0 Å². The van der Waals surface area contributed by atoms with Gasteiger partial charge in [-0.15, -0.1) is 10.2 Å². The van der Waals surface area contributed by atoms with Crippen LogP contribution in [-0.2, 0) is 17.3 Å². The summed E-state index contributed by atoms with van der Waals surface area (Å²) < 4.78 is 42.2. The van der Waals surface area contributed by atoms with E-state index in [0.717, 1.165) is 17.7 Å². The first-order chi connectivity index (χ1) is 11.3. The fourth-order valence-corrected chi connectivity index (χ4v) is 2.00. The van der Waals surface area contributed by atoms with Crippen LogP contribution in [-0.4, -0.2) is 28.9 Å². The predicted molar refractivity (Wildman–Crippen MR) is 80.1 cm³/mol. The Hall–Kier alpha value is -2.84. The maximum Gasteiger partial charge on any atom is 0.435 e. The number of alkyl halides is 3. The summed E-state index contributed by atoms with van der Waals surface area (Å²) in [6.45, 7) is -0.0626. The van der Waals surface area contributed by atoms with Crippen molar-refractivity contribution in [2.45, 2.75) is 18.6 Å². The van der Waals surface area contributed by atoms with Crippen LogP contribution < -0.4 is 11.1 Å². The number of hydrogen-bond acceptors (Lipinski definition) is 5. The van der Waals surface area contributed by atoms with Crippen molar-refractivity contribution < 1.29 is 22.7 Å². The van der Waals surface area contributed by atoms with Crippen LogP contribution in [0.25, 0.3) is 0 Å². The Morgan fingerprint density at radius 1 is 1.17 bits per heavy atom. The summed E-state index contributed by atoms with van der Waals surface area (Å²) >= 11 is 0. The standard InChI is InChI=1S/C15H15F3N4O2/c16-15(17,18)12-6-7-13(22-21-12)20-11(9-24-14(19)23)8-10-4-2-1-3-5-10/h1-7,11H,8-9H2,(H2,19,23)(H,20,22)/t11-/m1/s1. The van der Waals surface area contributed by atoms with Crippen LogP contribution in [0.4, 0.5) is 23.8 Å². The van der Waals surface area contributed by atoms with Gasteiger partial charge in [0.05, 0.1) is 6.04 Å². The van der Waals surface area contributed by atoms with E-state index >= 15 is 0 Å². The van der Waals surface area contributed by atoms with E-state index in [1.54, 1.807) is 0 Å². The number of halogens is 3. The zero-order chi connectivity index (χ0) is 17.6. The third kappa shape index (κ3) is 5.41. The van der Waals surface area contributed by atoms with Crippen LogP contribution in [0.15, 0.2) is 42.5 Å². The number of primary amides is 1. The van der Waals surface area contributed by atoms with Gasteiger partial charge in [0.15, 0.2) is 5.69 Å². The molecule has 0 aliphatic carbocycles. The van der Waals surface area contributed by atoms with E-state index in [-0.39, 0.29) is 12.4 Å². The van der Waals surface area contributed by atoms with Crippen LogP contribution in [0, 0.1) is 0 Å². The second-order valence-electron chi connectivity index (χ2n) is 4.96. The third-order valence-electron chi connectivity index (χ3n) is 3.06. The van der Waals surface area contributed by atoms with Crippen LogP contribution in [0.5, 0.6) is 0 Å². The molecule has 24 heavy (non-hydrogen) atoms. The number of hydrogen-bond donors (Lipinski definition) is 2. The Kier molecular flexibility index (Phi) is 5.56. The fraction of sp³-hybridized carbons (Fsp3) is 0.267. The van der Waals surface area contributed by atoms with Gasteiger partial charge in [-0.2, -0.15) is 13.2 Å². The molecule has 1 heterocycles. The van der Waals surface area contributed by atoms with Crippen molar-refractivity contribution in [3.05, 3.63) is 53.7 Å². The van der Waals surface area contributed by atoms with Crippen molar-refractivity contribution in [2.24, 2.45) is 5.73 Å². The minimum absolute atomic E-state index is 0.0626. The number of anilines is 1. The Morgan fingerprint density at radius 2 is 1.88 bits per heavy atom. The molecular formula is C15H15F3N4O2. The first-order valence-corrected chi connectivity index (χ1v) is 6.98. The Morgan fingerprint density at radius 3 is 2.42 bits per heavy atom. The van der Waals surface area contributed by atoms with Gasteiger partial charge in [0.25, 0.3) is 0 Å². The molecule has 2 rings (SSSR count). The topological polar surface area (TPSA) is 90.1 Å². The van der Waals surface area contributed by atoms with Crippen molar-refractivity contribution in [1.29, 1.82) is 0 Å². The van der Waals surface area contributed by atoms with Gasteiger partial charge in [0.1, 0.15) is 12.4 Å². The van der Waals surface area contributed by atoms with Gasteiger partial charge < -0.3 is 15.8 Å². The van der Waals surface area contributed by atoms with Gasteiger partial charge in [-0.1, -0.05) is 30.3 Å². The molecule has 0 aliphatic heterocycles. The lowest BCUT2D eigenvalue weighted by atomic mass is 10.1. The number of rotatable bonds is 6.